The fourth-order valence-electron chi connectivity index (χ4n) is 2.58. The van der Waals surface area contributed by atoms with E-state index in [1.807, 2.05) is 6.08 Å². The molecule has 2 aliphatic heterocycles. The summed E-state index contributed by atoms with van der Waals surface area (Å²) in [5.74, 6) is 0.0314. The van der Waals surface area contributed by atoms with E-state index >= 15 is 0 Å². The maximum Gasteiger partial charge on any atom is 0.267 e. The molecule has 4 heteroatoms. The summed E-state index contributed by atoms with van der Waals surface area (Å²) in [5.41, 5.74) is 3.40. The molecule has 3 N–H and O–H groups in total. The van der Waals surface area contributed by atoms with E-state index in [1.54, 1.807) is 0 Å². The van der Waals surface area contributed by atoms with Gasteiger partial charge in [-0.1, -0.05) is 12.2 Å². The van der Waals surface area contributed by atoms with Crippen LogP contribution in [0.2, 0.25) is 0 Å². The second-order valence-electron chi connectivity index (χ2n) is 5.50. The van der Waals surface area contributed by atoms with Crippen LogP contribution < -0.4 is 16.0 Å². The zero-order valence-corrected chi connectivity index (χ0v) is 11.3. The summed E-state index contributed by atoms with van der Waals surface area (Å²) in [4.78, 5) is 12.0. The highest BCUT2D eigenvalue weighted by atomic mass is 16.2. The highest BCUT2D eigenvalue weighted by Gasteiger charge is 2.27. The lowest BCUT2D eigenvalue weighted by Crippen LogP contribution is -2.39. The van der Waals surface area contributed by atoms with Crippen molar-refractivity contribution in [3.05, 3.63) is 35.1 Å². The molecule has 0 bridgehead atoms. The molecule has 1 unspecified atom stereocenters. The third-order valence-corrected chi connectivity index (χ3v) is 3.86. The molecular formula is C15H21N3O. The molecular weight excluding hydrogens is 238 g/mol. The van der Waals surface area contributed by atoms with E-state index < -0.39 is 0 Å². The summed E-state index contributed by atoms with van der Waals surface area (Å²) in [6, 6.07) is 0.609. The number of carbonyl (C=O) groups excluding carboxylic acids is 1. The van der Waals surface area contributed by atoms with Crippen LogP contribution in [0.5, 0.6) is 0 Å². The van der Waals surface area contributed by atoms with E-state index in [0.29, 0.717) is 11.7 Å². The monoisotopic (exact) mass is 259 g/mol. The van der Waals surface area contributed by atoms with Gasteiger partial charge in [-0.25, -0.2) is 0 Å². The molecule has 1 saturated carbocycles. The minimum Gasteiger partial charge on any atom is -0.374 e. The number of dihydropyridines is 1. The van der Waals surface area contributed by atoms with Crippen molar-refractivity contribution in [1.29, 1.82) is 0 Å². The lowest BCUT2D eigenvalue weighted by atomic mass is 9.92. The molecule has 4 nitrogen and oxygen atoms in total. The van der Waals surface area contributed by atoms with Crippen molar-refractivity contribution in [3.8, 4) is 0 Å². The first-order chi connectivity index (χ1) is 9.24. The van der Waals surface area contributed by atoms with Crippen molar-refractivity contribution in [1.82, 2.24) is 16.0 Å². The SMILES string of the molecule is CC1NC(C(=O)NC2CC2)=CC=C1C1=CCNCC1. The Morgan fingerprint density at radius 3 is 2.84 bits per heavy atom. The number of rotatable bonds is 3. The van der Waals surface area contributed by atoms with E-state index in [2.05, 4.69) is 35.0 Å². The Bertz CT molecular complexity index is 472. The van der Waals surface area contributed by atoms with Gasteiger partial charge in [0.2, 0.25) is 0 Å². The molecule has 3 aliphatic rings. The molecule has 102 valence electrons. The summed E-state index contributed by atoms with van der Waals surface area (Å²) in [6.07, 6.45) is 9.56. The van der Waals surface area contributed by atoms with Gasteiger partial charge in [0.15, 0.2) is 0 Å². The van der Waals surface area contributed by atoms with E-state index in [4.69, 9.17) is 0 Å². The maximum absolute atomic E-state index is 12.0. The van der Waals surface area contributed by atoms with Crippen molar-refractivity contribution in [2.24, 2.45) is 0 Å². The second kappa shape index (κ2) is 5.21. The smallest absolute Gasteiger partial charge is 0.267 e. The van der Waals surface area contributed by atoms with Gasteiger partial charge in [0.25, 0.3) is 5.91 Å². The van der Waals surface area contributed by atoms with Crippen molar-refractivity contribution < 1.29 is 4.79 Å². The van der Waals surface area contributed by atoms with Gasteiger partial charge >= 0.3 is 0 Å². The van der Waals surface area contributed by atoms with Crippen molar-refractivity contribution in [2.45, 2.75) is 38.3 Å². The number of amides is 1. The van der Waals surface area contributed by atoms with Gasteiger partial charge in [-0.3, -0.25) is 4.79 Å². The van der Waals surface area contributed by atoms with Crippen LogP contribution in [-0.4, -0.2) is 31.1 Å². The fourth-order valence-corrected chi connectivity index (χ4v) is 2.58. The van der Waals surface area contributed by atoms with Gasteiger partial charge in [-0.05, 0) is 50.0 Å². The number of hydrogen-bond acceptors (Lipinski definition) is 3. The molecule has 0 aromatic heterocycles. The summed E-state index contributed by atoms with van der Waals surface area (Å²) in [5, 5.41) is 9.65. The van der Waals surface area contributed by atoms with Crippen LogP contribution in [0.4, 0.5) is 0 Å². The Balaban J connectivity index is 1.72. The van der Waals surface area contributed by atoms with E-state index in [9.17, 15) is 4.79 Å². The third kappa shape index (κ3) is 2.89. The number of hydrogen-bond donors (Lipinski definition) is 3. The Hall–Kier alpha value is -1.55. The normalized spacial score (nSPS) is 26.8. The first-order valence-corrected chi connectivity index (χ1v) is 7.13. The van der Waals surface area contributed by atoms with Crippen molar-refractivity contribution in [2.75, 3.05) is 13.1 Å². The predicted octanol–water partition coefficient (Wildman–Crippen LogP) is 0.987. The summed E-state index contributed by atoms with van der Waals surface area (Å²) in [6.45, 7) is 4.10. The van der Waals surface area contributed by atoms with Crippen LogP contribution in [0.3, 0.4) is 0 Å². The molecule has 0 aromatic rings. The molecule has 0 radical (unpaired) electrons. The summed E-state index contributed by atoms with van der Waals surface area (Å²) < 4.78 is 0. The molecule has 1 atom stereocenters. The van der Waals surface area contributed by atoms with E-state index in [0.717, 1.165) is 32.4 Å². The molecule has 2 heterocycles. The molecule has 19 heavy (non-hydrogen) atoms. The van der Waals surface area contributed by atoms with E-state index in [1.165, 1.54) is 11.1 Å². The minimum atomic E-state index is 0.0314. The topological polar surface area (TPSA) is 53.2 Å². The van der Waals surface area contributed by atoms with E-state index in [-0.39, 0.29) is 11.9 Å². The zero-order valence-electron chi connectivity index (χ0n) is 11.3. The number of carbonyl (C=O) groups is 1. The fraction of sp³-hybridized carbons (Fsp3) is 0.533. The van der Waals surface area contributed by atoms with Crippen LogP contribution in [-0.2, 0) is 4.79 Å². The van der Waals surface area contributed by atoms with Crippen LogP contribution >= 0.6 is 0 Å². The van der Waals surface area contributed by atoms with Gasteiger partial charge in [0, 0.05) is 18.6 Å². The second-order valence-corrected chi connectivity index (χ2v) is 5.50. The molecule has 3 rings (SSSR count). The third-order valence-electron chi connectivity index (χ3n) is 3.86. The lowest BCUT2D eigenvalue weighted by molar-refractivity contribution is -0.118. The van der Waals surface area contributed by atoms with Gasteiger partial charge in [-0.15, -0.1) is 0 Å². The first kappa shape index (κ1) is 12.5. The lowest BCUT2D eigenvalue weighted by Gasteiger charge is -2.27. The largest absolute Gasteiger partial charge is 0.374 e. The highest BCUT2D eigenvalue weighted by Crippen LogP contribution is 2.24. The molecule has 0 spiro atoms. The molecule has 0 aromatic carbocycles. The Labute approximate surface area is 114 Å². The quantitative estimate of drug-likeness (QED) is 0.708. The van der Waals surface area contributed by atoms with Gasteiger partial charge in [0.1, 0.15) is 5.70 Å². The van der Waals surface area contributed by atoms with Crippen LogP contribution in [0.25, 0.3) is 0 Å². The Morgan fingerprint density at radius 1 is 1.37 bits per heavy atom. The van der Waals surface area contributed by atoms with Crippen LogP contribution in [0.1, 0.15) is 26.2 Å². The van der Waals surface area contributed by atoms with Crippen LogP contribution in [0, 0.1) is 0 Å². The minimum absolute atomic E-state index is 0.0314. The van der Waals surface area contributed by atoms with Crippen molar-refractivity contribution >= 4 is 5.91 Å². The van der Waals surface area contributed by atoms with Gasteiger partial charge in [-0.2, -0.15) is 0 Å². The van der Waals surface area contributed by atoms with Gasteiger partial charge < -0.3 is 16.0 Å². The summed E-state index contributed by atoms with van der Waals surface area (Å²) in [7, 11) is 0. The van der Waals surface area contributed by atoms with Crippen molar-refractivity contribution in [3.63, 3.8) is 0 Å². The average Bonchev–Trinajstić information content (AvgIpc) is 3.23. The molecule has 1 fully saturated rings. The Morgan fingerprint density at radius 2 is 2.21 bits per heavy atom. The number of allylic oxidation sites excluding steroid dienone is 2. The number of nitrogens with one attached hydrogen (secondary N) is 3. The average molecular weight is 259 g/mol. The molecule has 0 saturated heterocycles. The van der Waals surface area contributed by atoms with Crippen LogP contribution in [0.15, 0.2) is 35.1 Å². The summed E-state index contributed by atoms with van der Waals surface area (Å²) >= 11 is 0. The maximum atomic E-state index is 12.0. The molecule has 1 aliphatic carbocycles. The highest BCUT2D eigenvalue weighted by molar-refractivity contribution is 5.94. The zero-order chi connectivity index (χ0) is 13.2. The molecule has 1 amide bonds. The first-order valence-electron chi connectivity index (χ1n) is 7.13. The van der Waals surface area contributed by atoms with Gasteiger partial charge in [0.05, 0.1) is 0 Å². The standard InChI is InChI=1S/C15H21N3O/c1-10-13(11-6-8-16-9-7-11)4-5-14(17-10)15(19)18-12-2-3-12/h4-6,10,12,16-17H,2-3,7-9H2,1H3,(H,18,19). The Kier molecular flexibility index (Phi) is 3.42. The predicted molar refractivity (Wildman–Crippen MR) is 75.5 cm³/mol.